The van der Waals surface area contributed by atoms with E-state index in [1.165, 1.54) is 12.8 Å². The standard InChI is InChI=1S/C16H26N2O2/c1-13(6-4-10-17)16(19)18(14-7-2-3-8-14)12-15-9-5-11-20-15/h5,9,11,13-14H,2-4,6-8,10,12,17H2,1H3. The zero-order chi connectivity index (χ0) is 14.4. The summed E-state index contributed by atoms with van der Waals surface area (Å²) in [5, 5.41) is 0. The summed E-state index contributed by atoms with van der Waals surface area (Å²) in [6, 6.07) is 4.21. The molecule has 112 valence electrons. The summed E-state index contributed by atoms with van der Waals surface area (Å²) in [4.78, 5) is 14.7. The molecule has 1 aliphatic carbocycles. The molecule has 1 aromatic rings. The average molecular weight is 278 g/mol. The van der Waals surface area contributed by atoms with Crippen molar-refractivity contribution in [3.8, 4) is 0 Å². The first-order chi connectivity index (χ1) is 9.72. The molecule has 20 heavy (non-hydrogen) atoms. The molecule has 1 aromatic heterocycles. The molecule has 1 amide bonds. The Kier molecular flexibility index (Phi) is 5.65. The number of carbonyl (C=O) groups is 1. The van der Waals surface area contributed by atoms with Gasteiger partial charge in [0.1, 0.15) is 5.76 Å². The Morgan fingerprint density at radius 1 is 1.50 bits per heavy atom. The number of nitrogens with two attached hydrogens (primary N) is 1. The summed E-state index contributed by atoms with van der Waals surface area (Å²) >= 11 is 0. The maximum atomic E-state index is 12.7. The molecule has 0 spiro atoms. The van der Waals surface area contributed by atoms with Gasteiger partial charge in [0.05, 0.1) is 12.8 Å². The van der Waals surface area contributed by atoms with Crippen molar-refractivity contribution >= 4 is 5.91 Å². The van der Waals surface area contributed by atoms with E-state index in [0.717, 1.165) is 31.4 Å². The van der Waals surface area contributed by atoms with Gasteiger partial charge in [-0.2, -0.15) is 0 Å². The van der Waals surface area contributed by atoms with E-state index >= 15 is 0 Å². The number of hydrogen-bond donors (Lipinski definition) is 1. The van der Waals surface area contributed by atoms with E-state index < -0.39 is 0 Å². The highest BCUT2D eigenvalue weighted by molar-refractivity contribution is 5.78. The Morgan fingerprint density at radius 2 is 2.25 bits per heavy atom. The molecule has 0 saturated heterocycles. The average Bonchev–Trinajstić information content (AvgIpc) is 3.13. The monoisotopic (exact) mass is 278 g/mol. The van der Waals surface area contributed by atoms with Crippen molar-refractivity contribution in [1.29, 1.82) is 0 Å². The molecule has 2 N–H and O–H groups in total. The predicted molar refractivity (Wildman–Crippen MR) is 79.0 cm³/mol. The lowest BCUT2D eigenvalue weighted by atomic mass is 10.0. The molecular weight excluding hydrogens is 252 g/mol. The fraction of sp³-hybridized carbons (Fsp3) is 0.688. The quantitative estimate of drug-likeness (QED) is 0.834. The van der Waals surface area contributed by atoms with Crippen molar-refractivity contribution in [2.45, 2.75) is 58.0 Å². The van der Waals surface area contributed by atoms with Gasteiger partial charge < -0.3 is 15.1 Å². The minimum absolute atomic E-state index is 0.0501. The van der Waals surface area contributed by atoms with Crippen LogP contribution in [0.4, 0.5) is 0 Å². The zero-order valence-electron chi connectivity index (χ0n) is 12.4. The molecule has 4 heteroatoms. The summed E-state index contributed by atoms with van der Waals surface area (Å²) < 4.78 is 5.42. The van der Waals surface area contributed by atoms with Gasteiger partial charge in [0, 0.05) is 12.0 Å². The lowest BCUT2D eigenvalue weighted by Gasteiger charge is -2.30. The van der Waals surface area contributed by atoms with Gasteiger partial charge in [-0.15, -0.1) is 0 Å². The fourth-order valence-electron chi connectivity index (χ4n) is 3.00. The largest absolute Gasteiger partial charge is 0.467 e. The first-order valence-electron chi connectivity index (χ1n) is 7.75. The second kappa shape index (κ2) is 7.48. The summed E-state index contributed by atoms with van der Waals surface area (Å²) in [5.74, 6) is 1.17. The van der Waals surface area contributed by atoms with Gasteiger partial charge in [-0.1, -0.05) is 19.8 Å². The maximum Gasteiger partial charge on any atom is 0.226 e. The molecule has 0 aromatic carbocycles. The predicted octanol–water partition coefficient (Wildman–Crippen LogP) is 2.93. The molecule has 1 fully saturated rings. The van der Waals surface area contributed by atoms with Crippen LogP contribution in [0.1, 0.15) is 51.2 Å². The normalized spacial score (nSPS) is 17.3. The van der Waals surface area contributed by atoms with Gasteiger partial charge in [-0.05, 0) is 44.4 Å². The summed E-state index contributed by atoms with van der Waals surface area (Å²) in [5.41, 5.74) is 5.54. The van der Waals surface area contributed by atoms with Gasteiger partial charge in [0.15, 0.2) is 0 Å². The molecule has 0 bridgehead atoms. The summed E-state index contributed by atoms with van der Waals surface area (Å²) in [7, 11) is 0. The lowest BCUT2D eigenvalue weighted by Crippen LogP contribution is -2.41. The Bertz CT molecular complexity index is 397. The first kappa shape index (κ1) is 15.1. The van der Waals surface area contributed by atoms with Crippen LogP contribution in [0.25, 0.3) is 0 Å². The number of furan rings is 1. The van der Waals surface area contributed by atoms with E-state index in [1.54, 1.807) is 6.26 Å². The molecule has 0 aliphatic heterocycles. The Balaban J connectivity index is 2.02. The van der Waals surface area contributed by atoms with Crippen LogP contribution < -0.4 is 5.73 Å². The molecule has 1 aliphatic rings. The molecule has 4 nitrogen and oxygen atoms in total. The van der Waals surface area contributed by atoms with Crippen LogP contribution in [0.5, 0.6) is 0 Å². The van der Waals surface area contributed by atoms with Crippen LogP contribution in [-0.2, 0) is 11.3 Å². The van der Waals surface area contributed by atoms with Crippen LogP contribution in [0, 0.1) is 5.92 Å². The minimum Gasteiger partial charge on any atom is -0.467 e. The number of rotatable bonds is 7. The van der Waals surface area contributed by atoms with Crippen LogP contribution in [-0.4, -0.2) is 23.4 Å². The van der Waals surface area contributed by atoms with Crippen LogP contribution in [0.3, 0.4) is 0 Å². The van der Waals surface area contributed by atoms with Crippen molar-refractivity contribution in [2.75, 3.05) is 6.54 Å². The second-order valence-electron chi connectivity index (χ2n) is 5.82. The van der Waals surface area contributed by atoms with E-state index in [2.05, 4.69) is 0 Å². The van der Waals surface area contributed by atoms with E-state index in [-0.39, 0.29) is 11.8 Å². The zero-order valence-corrected chi connectivity index (χ0v) is 12.4. The van der Waals surface area contributed by atoms with Gasteiger partial charge in [-0.25, -0.2) is 0 Å². The highest BCUT2D eigenvalue weighted by Gasteiger charge is 2.29. The van der Waals surface area contributed by atoms with Crippen molar-refractivity contribution in [3.05, 3.63) is 24.2 Å². The third-order valence-electron chi connectivity index (χ3n) is 4.22. The third kappa shape index (κ3) is 3.85. The van der Waals surface area contributed by atoms with Gasteiger partial charge >= 0.3 is 0 Å². The van der Waals surface area contributed by atoms with Crippen LogP contribution in [0.2, 0.25) is 0 Å². The van der Waals surface area contributed by atoms with Crippen molar-refractivity contribution < 1.29 is 9.21 Å². The lowest BCUT2D eigenvalue weighted by molar-refractivity contribution is -0.138. The Labute approximate surface area is 121 Å². The van der Waals surface area contributed by atoms with Crippen molar-refractivity contribution in [2.24, 2.45) is 11.7 Å². The first-order valence-corrected chi connectivity index (χ1v) is 7.75. The van der Waals surface area contributed by atoms with E-state index in [0.29, 0.717) is 19.1 Å². The summed E-state index contributed by atoms with van der Waals surface area (Å²) in [6.45, 7) is 3.27. The maximum absolute atomic E-state index is 12.7. The third-order valence-corrected chi connectivity index (χ3v) is 4.22. The molecule has 1 atom stereocenters. The molecular formula is C16H26N2O2. The molecule has 1 heterocycles. The second-order valence-corrected chi connectivity index (χ2v) is 5.82. The SMILES string of the molecule is CC(CCCN)C(=O)N(Cc1ccco1)C1CCCC1. The number of hydrogen-bond acceptors (Lipinski definition) is 3. The number of amides is 1. The topological polar surface area (TPSA) is 59.5 Å². The Morgan fingerprint density at radius 3 is 2.85 bits per heavy atom. The number of nitrogens with zero attached hydrogens (tertiary/aromatic N) is 1. The van der Waals surface area contributed by atoms with E-state index in [1.807, 2.05) is 24.0 Å². The van der Waals surface area contributed by atoms with Gasteiger partial charge in [0.25, 0.3) is 0 Å². The van der Waals surface area contributed by atoms with Crippen molar-refractivity contribution in [1.82, 2.24) is 4.90 Å². The fourth-order valence-corrected chi connectivity index (χ4v) is 3.00. The molecule has 0 radical (unpaired) electrons. The molecule has 1 saturated carbocycles. The molecule has 1 unspecified atom stereocenters. The van der Waals surface area contributed by atoms with Crippen LogP contribution in [0.15, 0.2) is 22.8 Å². The minimum atomic E-state index is 0.0501. The highest BCUT2D eigenvalue weighted by Crippen LogP contribution is 2.27. The van der Waals surface area contributed by atoms with Gasteiger partial charge in [0.2, 0.25) is 5.91 Å². The summed E-state index contributed by atoms with van der Waals surface area (Å²) in [6.07, 6.45) is 8.15. The smallest absolute Gasteiger partial charge is 0.226 e. The van der Waals surface area contributed by atoms with Crippen LogP contribution >= 0.6 is 0 Å². The Hall–Kier alpha value is -1.29. The molecule has 2 rings (SSSR count). The van der Waals surface area contributed by atoms with Crippen molar-refractivity contribution in [3.63, 3.8) is 0 Å². The number of carbonyl (C=O) groups excluding carboxylic acids is 1. The van der Waals surface area contributed by atoms with E-state index in [4.69, 9.17) is 10.2 Å². The van der Waals surface area contributed by atoms with Gasteiger partial charge in [-0.3, -0.25) is 4.79 Å². The van der Waals surface area contributed by atoms with E-state index in [9.17, 15) is 4.79 Å². The highest BCUT2D eigenvalue weighted by atomic mass is 16.3.